The Morgan fingerprint density at radius 3 is 2.12 bits per heavy atom. The van der Waals surface area contributed by atoms with Gasteiger partial charge in [-0.25, -0.2) is 9.59 Å². The molecule has 1 atom stereocenters. The summed E-state index contributed by atoms with van der Waals surface area (Å²) in [6.45, 7) is 1.61. The quantitative estimate of drug-likeness (QED) is 0.762. The van der Waals surface area contributed by atoms with E-state index in [1.807, 2.05) is 24.3 Å². The Morgan fingerprint density at radius 1 is 0.970 bits per heavy atom. The molecule has 7 nitrogen and oxygen atoms in total. The number of aliphatic carboxylic acids is 1. The summed E-state index contributed by atoms with van der Waals surface area (Å²) < 4.78 is 17.3. The molecule has 1 saturated carbocycles. The highest BCUT2D eigenvalue weighted by molar-refractivity contribution is 5.82. The summed E-state index contributed by atoms with van der Waals surface area (Å²) >= 11 is 0. The van der Waals surface area contributed by atoms with E-state index in [9.17, 15) is 14.7 Å². The zero-order valence-corrected chi connectivity index (χ0v) is 18.4. The fraction of sp³-hybridized carbons (Fsp3) is 0.462. The third kappa shape index (κ3) is 3.17. The SMILES string of the molecule is O=C(O)C1COC2(CCC3(CC2)COC3)N1C(=O)OCC1c2ccccc2-c2ccccc21. The first-order valence-electron chi connectivity index (χ1n) is 11.6. The van der Waals surface area contributed by atoms with Gasteiger partial charge in [0.2, 0.25) is 0 Å². The van der Waals surface area contributed by atoms with Crippen molar-refractivity contribution in [1.29, 1.82) is 0 Å². The molecule has 1 amide bonds. The minimum Gasteiger partial charge on any atom is -0.480 e. The number of hydrogen-bond acceptors (Lipinski definition) is 5. The van der Waals surface area contributed by atoms with Gasteiger partial charge in [-0.1, -0.05) is 48.5 Å². The lowest BCUT2D eigenvalue weighted by atomic mass is 9.69. The number of carbonyl (C=O) groups excluding carboxylic acids is 1. The average molecular weight is 450 g/mol. The lowest BCUT2D eigenvalue weighted by molar-refractivity contribution is -0.185. The van der Waals surface area contributed by atoms with Crippen molar-refractivity contribution in [1.82, 2.24) is 4.90 Å². The second-order valence-electron chi connectivity index (χ2n) is 9.78. The van der Waals surface area contributed by atoms with Crippen LogP contribution in [0.5, 0.6) is 0 Å². The van der Waals surface area contributed by atoms with Crippen molar-refractivity contribution >= 4 is 12.1 Å². The van der Waals surface area contributed by atoms with Gasteiger partial charge in [0, 0.05) is 11.3 Å². The molecule has 1 N–H and O–H groups in total. The molecule has 2 spiro atoms. The number of nitrogens with zero attached hydrogens (tertiary/aromatic N) is 1. The van der Waals surface area contributed by atoms with Gasteiger partial charge in [-0.05, 0) is 47.9 Å². The fourth-order valence-electron chi connectivity index (χ4n) is 6.04. The molecule has 6 rings (SSSR count). The van der Waals surface area contributed by atoms with Gasteiger partial charge < -0.3 is 19.3 Å². The van der Waals surface area contributed by atoms with Crippen LogP contribution in [0.1, 0.15) is 42.7 Å². The van der Waals surface area contributed by atoms with Crippen LogP contribution in [0.3, 0.4) is 0 Å². The molecule has 3 fully saturated rings. The molecule has 7 heteroatoms. The van der Waals surface area contributed by atoms with E-state index in [1.165, 1.54) is 4.90 Å². The van der Waals surface area contributed by atoms with Crippen molar-refractivity contribution in [3.63, 3.8) is 0 Å². The molecule has 2 saturated heterocycles. The zero-order chi connectivity index (χ0) is 22.6. The molecule has 4 aliphatic rings. The van der Waals surface area contributed by atoms with E-state index in [4.69, 9.17) is 14.2 Å². The predicted molar refractivity (Wildman–Crippen MR) is 119 cm³/mol. The molecule has 0 aromatic heterocycles. The maximum Gasteiger partial charge on any atom is 0.412 e. The Balaban J connectivity index is 1.23. The first-order chi connectivity index (χ1) is 16.0. The van der Waals surface area contributed by atoms with Gasteiger partial charge in [0.1, 0.15) is 12.3 Å². The van der Waals surface area contributed by atoms with Crippen LogP contribution >= 0.6 is 0 Å². The Kier molecular flexibility index (Phi) is 4.74. The van der Waals surface area contributed by atoms with Crippen LogP contribution in [0.2, 0.25) is 0 Å². The highest BCUT2D eigenvalue weighted by Gasteiger charge is 2.58. The molecule has 2 heterocycles. The molecule has 0 radical (unpaired) electrons. The van der Waals surface area contributed by atoms with Gasteiger partial charge >= 0.3 is 12.1 Å². The van der Waals surface area contributed by atoms with Crippen LogP contribution in [-0.2, 0) is 19.0 Å². The van der Waals surface area contributed by atoms with Gasteiger partial charge in [-0.15, -0.1) is 0 Å². The monoisotopic (exact) mass is 449 g/mol. The molecule has 1 unspecified atom stereocenters. The Hall–Kier alpha value is -2.90. The number of fused-ring (bicyclic) bond motifs is 3. The molecule has 2 aliphatic carbocycles. The number of carbonyl (C=O) groups is 2. The Morgan fingerprint density at radius 2 is 1.58 bits per heavy atom. The molecule has 2 aliphatic heterocycles. The maximum atomic E-state index is 13.4. The van der Waals surface area contributed by atoms with Crippen molar-refractivity contribution in [3.8, 4) is 11.1 Å². The summed E-state index contributed by atoms with van der Waals surface area (Å²) in [6, 6.07) is 15.3. The van der Waals surface area contributed by atoms with Crippen LogP contribution < -0.4 is 0 Å². The number of rotatable bonds is 3. The van der Waals surface area contributed by atoms with Gasteiger partial charge in [-0.2, -0.15) is 0 Å². The highest BCUT2D eigenvalue weighted by atomic mass is 16.6. The average Bonchev–Trinajstić information content (AvgIpc) is 3.34. The summed E-state index contributed by atoms with van der Waals surface area (Å²) in [5, 5.41) is 9.80. The van der Waals surface area contributed by atoms with Crippen LogP contribution in [0, 0.1) is 5.41 Å². The fourth-order valence-corrected chi connectivity index (χ4v) is 6.04. The largest absolute Gasteiger partial charge is 0.480 e. The van der Waals surface area contributed by atoms with Crippen LogP contribution in [0.25, 0.3) is 11.1 Å². The summed E-state index contributed by atoms with van der Waals surface area (Å²) in [5.41, 5.74) is 3.80. The number of carboxylic acids is 1. The smallest absolute Gasteiger partial charge is 0.412 e. The second-order valence-corrected chi connectivity index (χ2v) is 9.78. The molecule has 2 aromatic rings. The predicted octanol–water partition coefficient (Wildman–Crippen LogP) is 4.01. The maximum absolute atomic E-state index is 13.4. The minimum atomic E-state index is -1.06. The van der Waals surface area contributed by atoms with Crippen molar-refractivity contribution in [3.05, 3.63) is 59.7 Å². The Bertz CT molecular complexity index is 1050. The Labute approximate surface area is 192 Å². The van der Waals surface area contributed by atoms with Crippen molar-refractivity contribution in [2.24, 2.45) is 5.41 Å². The summed E-state index contributed by atoms with van der Waals surface area (Å²) in [6.07, 6.45) is 2.30. The second kappa shape index (κ2) is 7.57. The highest BCUT2D eigenvalue weighted by Crippen LogP contribution is 2.51. The first-order valence-corrected chi connectivity index (χ1v) is 11.6. The normalized spacial score (nSPS) is 24.4. The van der Waals surface area contributed by atoms with E-state index in [1.54, 1.807) is 0 Å². The summed E-state index contributed by atoms with van der Waals surface area (Å²) in [7, 11) is 0. The minimum absolute atomic E-state index is 0.0109. The van der Waals surface area contributed by atoms with Gasteiger partial charge in [0.05, 0.1) is 19.8 Å². The summed E-state index contributed by atoms with van der Waals surface area (Å²) in [5.74, 6) is -1.14. The lowest BCUT2D eigenvalue weighted by Gasteiger charge is -2.51. The number of carboxylic acid groups (broad SMARTS) is 1. The molecule has 172 valence electrons. The topological polar surface area (TPSA) is 85.3 Å². The van der Waals surface area contributed by atoms with E-state index in [0.29, 0.717) is 12.8 Å². The van der Waals surface area contributed by atoms with E-state index >= 15 is 0 Å². The molecular weight excluding hydrogens is 422 g/mol. The number of amides is 1. The lowest BCUT2D eigenvalue weighted by Crippen LogP contribution is -2.58. The molecule has 0 bridgehead atoms. The van der Waals surface area contributed by atoms with E-state index in [0.717, 1.165) is 48.3 Å². The molecule has 2 aromatic carbocycles. The molecule has 33 heavy (non-hydrogen) atoms. The van der Waals surface area contributed by atoms with Crippen molar-refractivity contribution < 1.29 is 28.9 Å². The number of hydrogen-bond donors (Lipinski definition) is 1. The summed E-state index contributed by atoms with van der Waals surface area (Å²) in [4.78, 5) is 26.7. The van der Waals surface area contributed by atoms with Crippen LogP contribution in [0.15, 0.2) is 48.5 Å². The van der Waals surface area contributed by atoms with Crippen LogP contribution in [0.4, 0.5) is 4.79 Å². The number of benzene rings is 2. The van der Waals surface area contributed by atoms with E-state index in [2.05, 4.69) is 24.3 Å². The van der Waals surface area contributed by atoms with Gasteiger partial charge in [0.25, 0.3) is 0 Å². The zero-order valence-electron chi connectivity index (χ0n) is 18.4. The van der Waals surface area contributed by atoms with Gasteiger partial charge in [-0.3, -0.25) is 4.90 Å². The van der Waals surface area contributed by atoms with Crippen molar-refractivity contribution in [2.45, 2.75) is 43.4 Å². The first kappa shape index (κ1) is 20.7. The van der Waals surface area contributed by atoms with Crippen LogP contribution in [-0.4, -0.2) is 60.3 Å². The standard InChI is InChI=1S/C26H27NO6/c28-23(29)22-14-33-26(11-9-25(10-12-26)15-31-16-25)27(22)24(30)32-13-21-19-7-3-1-5-17(19)18-6-2-4-8-20(18)21/h1-8,21-22H,9-16H2,(H,28,29). The number of ether oxygens (including phenoxy) is 3. The van der Waals surface area contributed by atoms with Gasteiger partial charge in [0.15, 0.2) is 6.04 Å². The third-order valence-corrected chi connectivity index (χ3v) is 7.99. The van der Waals surface area contributed by atoms with E-state index < -0.39 is 23.8 Å². The third-order valence-electron chi connectivity index (χ3n) is 7.99. The van der Waals surface area contributed by atoms with Crippen molar-refractivity contribution in [2.75, 3.05) is 26.4 Å². The van der Waals surface area contributed by atoms with E-state index in [-0.39, 0.29) is 24.5 Å². The molecular formula is C26H27NO6.